The van der Waals surface area contributed by atoms with Crippen LogP contribution in [0, 0.1) is 0 Å². The van der Waals surface area contributed by atoms with Crippen LogP contribution in [0.15, 0.2) is 62.4 Å². The topological polar surface area (TPSA) is 89.4 Å². The van der Waals surface area contributed by atoms with Gasteiger partial charge in [-0.25, -0.2) is 0 Å². The Morgan fingerprint density at radius 2 is 1.93 bits per heavy atom. The first-order valence-corrected chi connectivity index (χ1v) is 10.2. The summed E-state index contributed by atoms with van der Waals surface area (Å²) in [6.07, 6.45) is 3.19. The molecule has 4 aromatic rings. The van der Waals surface area contributed by atoms with Gasteiger partial charge in [0.05, 0.1) is 11.6 Å². The quantitative estimate of drug-likeness (QED) is 0.511. The van der Waals surface area contributed by atoms with Gasteiger partial charge in [-0.2, -0.15) is 0 Å². The molecular weight excluding hydrogens is 390 g/mol. The number of fused-ring (bicyclic) bond motifs is 1. The lowest BCUT2D eigenvalue weighted by atomic mass is 9.97. The molecule has 1 aliphatic rings. The van der Waals surface area contributed by atoms with Crippen LogP contribution in [0.2, 0.25) is 0 Å². The Kier molecular flexibility index (Phi) is 4.48. The van der Waals surface area contributed by atoms with Crippen molar-refractivity contribution in [1.82, 2.24) is 15.1 Å². The summed E-state index contributed by atoms with van der Waals surface area (Å²) in [5, 5.41) is 10.7. The van der Waals surface area contributed by atoms with Crippen molar-refractivity contribution >= 4 is 28.2 Å². The lowest BCUT2D eigenvalue weighted by Gasteiger charge is -2.30. The summed E-state index contributed by atoms with van der Waals surface area (Å²) in [7, 11) is 0. The molecule has 0 aliphatic carbocycles. The van der Waals surface area contributed by atoms with E-state index < -0.39 is 0 Å². The molecule has 1 aliphatic heterocycles. The van der Waals surface area contributed by atoms with Gasteiger partial charge in [0.2, 0.25) is 0 Å². The fraction of sp³-hybridized carbons (Fsp3) is 0.238. The van der Waals surface area contributed by atoms with Gasteiger partial charge in [-0.05, 0) is 37.1 Å². The van der Waals surface area contributed by atoms with Crippen LogP contribution in [0.25, 0.3) is 21.7 Å². The van der Waals surface area contributed by atoms with Gasteiger partial charge in [0.15, 0.2) is 22.0 Å². The van der Waals surface area contributed by atoms with E-state index in [1.807, 2.05) is 12.1 Å². The molecule has 1 fully saturated rings. The number of amides is 1. The monoisotopic (exact) mass is 407 g/mol. The Morgan fingerprint density at radius 1 is 1.10 bits per heavy atom. The third-order valence-corrected chi connectivity index (χ3v) is 6.25. The normalized spacial score (nSPS) is 15.1. The molecule has 1 amide bonds. The van der Waals surface area contributed by atoms with Crippen LogP contribution in [-0.2, 0) is 0 Å². The molecule has 3 aromatic heterocycles. The van der Waals surface area contributed by atoms with Crippen molar-refractivity contribution in [1.29, 1.82) is 0 Å². The van der Waals surface area contributed by atoms with Crippen molar-refractivity contribution in [2.45, 2.75) is 18.8 Å². The SMILES string of the molecule is O=C(c1cc(=O)c2ccccc2o1)N1CCC(c2nnc(-c3ccco3)s2)CC1. The Hall–Kier alpha value is -3.26. The number of hydrogen-bond donors (Lipinski definition) is 0. The number of likely N-dealkylation sites (tertiary alicyclic amines) is 1. The number of aromatic nitrogens is 2. The van der Waals surface area contributed by atoms with Gasteiger partial charge in [-0.3, -0.25) is 9.59 Å². The highest BCUT2D eigenvalue weighted by Crippen LogP contribution is 2.33. The first kappa shape index (κ1) is 17.8. The molecule has 0 spiro atoms. The number of benzene rings is 1. The van der Waals surface area contributed by atoms with E-state index in [2.05, 4.69) is 10.2 Å². The first-order chi connectivity index (χ1) is 14.2. The summed E-state index contributed by atoms with van der Waals surface area (Å²) < 4.78 is 11.1. The molecule has 7 nitrogen and oxygen atoms in total. The third kappa shape index (κ3) is 3.36. The molecule has 8 heteroatoms. The summed E-state index contributed by atoms with van der Waals surface area (Å²) in [6.45, 7) is 1.16. The molecule has 146 valence electrons. The maximum Gasteiger partial charge on any atom is 0.289 e. The number of hydrogen-bond acceptors (Lipinski definition) is 7. The predicted octanol–water partition coefficient (Wildman–Crippen LogP) is 3.92. The molecule has 5 rings (SSSR count). The number of nitrogens with zero attached hydrogens (tertiary/aromatic N) is 3. The summed E-state index contributed by atoms with van der Waals surface area (Å²) in [5.74, 6) is 0.805. The van der Waals surface area contributed by atoms with Crippen LogP contribution in [0.4, 0.5) is 0 Å². The second-order valence-corrected chi connectivity index (χ2v) is 7.97. The molecule has 0 atom stereocenters. The van der Waals surface area contributed by atoms with E-state index >= 15 is 0 Å². The summed E-state index contributed by atoms with van der Waals surface area (Å²) in [4.78, 5) is 26.9. The Balaban J connectivity index is 1.29. The zero-order valence-corrected chi connectivity index (χ0v) is 16.2. The average Bonchev–Trinajstić information content (AvgIpc) is 3.45. The van der Waals surface area contributed by atoms with Crippen molar-refractivity contribution in [3.63, 3.8) is 0 Å². The highest BCUT2D eigenvalue weighted by atomic mass is 32.1. The highest BCUT2D eigenvalue weighted by molar-refractivity contribution is 7.14. The van der Waals surface area contributed by atoms with Gasteiger partial charge in [-0.1, -0.05) is 23.5 Å². The largest absolute Gasteiger partial charge is 0.462 e. The fourth-order valence-corrected chi connectivity index (χ4v) is 4.57. The fourth-order valence-electron chi connectivity index (χ4n) is 3.59. The van der Waals surface area contributed by atoms with Gasteiger partial charge < -0.3 is 13.7 Å². The van der Waals surface area contributed by atoms with Crippen molar-refractivity contribution < 1.29 is 13.6 Å². The maximum absolute atomic E-state index is 12.9. The lowest BCUT2D eigenvalue weighted by Crippen LogP contribution is -2.38. The number of piperidine rings is 1. The molecule has 1 saturated heterocycles. The van der Waals surface area contributed by atoms with Crippen LogP contribution in [-0.4, -0.2) is 34.1 Å². The van der Waals surface area contributed by atoms with Crippen LogP contribution in [0.5, 0.6) is 0 Å². The molecule has 1 aromatic carbocycles. The molecule has 0 N–H and O–H groups in total. The number of carbonyl (C=O) groups is 1. The minimum absolute atomic E-state index is 0.0863. The standard InChI is InChI=1S/C21H17N3O4S/c25-15-12-18(28-16-5-2-1-4-14(15)16)21(26)24-9-7-13(8-10-24)19-22-23-20(29-19)17-6-3-11-27-17/h1-6,11-13H,7-10H2. The predicted molar refractivity (Wildman–Crippen MR) is 108 cm³/mol. The van der Waals surface area contributed by atoms with E-state index in [-0.39, 0.29) is 23.0 Å². The lowest BCUT2D eigenvalue weighted by molar-refractivity contribution is 0.0681. The van der Waals surface area contributed by atoms with Gasteiger partial charge in [0.25, 0.3) is 5.91 Å². The van der Waals surface area contributed by atoms with Gasteiger partial charge in [0, 0.05) is 25.1 Å². The zero-order valence-electron chi connectivity index (χ0n) is 15.4. The summed E-state index contributed by atoms with van der Waals surface area (Å²) in [5.41, 5.74) is 0.224. The minimum Gasteiger partial charge on any atom is -0.462 e. The van der Waals surface area contributed by atoms with E-state index in [1.54, 1.807) is 35.4 Å². The minimum atomic E-state index is -0.250. The zero-order chi connectivity index (χ0) is 19.8. The van der Waals surface area contributed by atoms with Gasteiger partial charge in [-0.15, -0.1) is 10.2 Å². The Bertz CT molecular complexity index is 1220. The van der Waals surface area contributed by atoms with Crippen molar-refractivity contribution in [2.24, 2.45) is 0 Å². The number of carbonyl (C=O) groups excluding carboxylic acids is 1. The summed E-state index contributed by atoms with van der Waals surface area (Å²) in [6, 6.07) is 11.9. The van der Waals surface area contributed by atoms with Crippen LogP contribution < -0.4 is 5.43 Å². The van der Waals surface area contributed by atoms with E-state index in [0.717, 1.165) is 22.9 Å². The van der Waals surface area contributed by atoms with E-state index in [1.165, 1.54) is 17.4 Å². The average molecular weight is 407 g/mol. The molecule has 0 saturated carbocycles. The first-order valence-electron chi connectivity index (χ1n) is 9.38. The van der Waals surface area contributed by atoms with E-state index in [9.17, 15) is 9.59 Å². The van der Waals surface area contributed by atoms with Crippen LogP contribution in [0.3, 0.4) is 0 Å². The highest BCUT2D eigenvalue weighted by Gasteiger charge is 2.28. The maximum atomic E-state index is 12.9. The third-order valence-electron chi connectivity index (χ3n) is 5.15. The number of rotatable bonds is 3. The van der Waals surface area contributed by atoms with E-state index in [4.69, 9.17) is 8.83 Å². The molecular formula is C21H17N3O4S. The molecule has 0 radical (unpaired) electrons. The van der Waals surface area contributed by atoms with Crippen LogP contribution in [0.1, 0.15) is 34.3 Å². The summed E-state index contributed by atoms with van der Waals surface area (Å²) >= 11 is 1.53. The molecule has 4 heterocycles. The Labute approximate surface area is 169 Å². The van der Waals surface area contributed by atoms with Crippen molar-refractivity contribution in [3.05, 3.63) is 69.7 Å². The van der Waals surface area contributed by atoms with Gasteiger partial charge in [0.1, 0.15) is 10.6 Å². The van der Waals surface area contributed by atoms with Gasteiger partial charge >= 0.3 is 0 Å². The smallest absolute Gasteiger partial charge is 0.289 e. The van der Waals surface area contributed by atoms with Crippen molar-refractivity contribution in [2.75, 3.05) is 13.1 Å². The second-order valence-electron chi connectivity index (χ2n) is 6.96. The molecule has 29 heavy (non-hydrogen) atoms. The Morgan fingerprint density at radius 3 is 2.72 bits per heavy atom. The van der Waals surface area contributed by atoms with E-state index in [0.29, 0.717) is 29.8 Å². The number of para-hydroxylation sites is 1. The van der Waals surface area contributed by atoms with Crippen molar-refractivity contribution in [3.8, 4) is 10.8 Å². The molecule has 0 bridgehead atoms. The number of furan rings is 1. The second kappa shape index (κ2) is 7.29. The van der Waals surface area contributed by atoms with Crippen LogP contribution >= 0.6 is 11.3 Å². The molecule has 0 unspecified atom stereocenters.